The van der Waals surface area contributed by atoms with E-state index in [1.54, 1.807) is 0 Å². The maximum atomic E-state index is 6.57. The van der Waals surface area contributed by atoms with Gasteiger partial charge in [-0.25, -0.2) is 4.98 Å². The lowest BCUT2D eigenvalue weighted by atomic mass is 9.72. The first kappa shape index (κ1) is 17.4. The summed E-state index contributed by atoms with van der Waals surface area (Å²) < 4.78 is 0. The summed E-state index contributed by atoms with van der Waals surface area (Å²) >= 11 is 0. The quantitative estimate of drug-likeness (QED) is 0.674. The minimum absolute atomic E-state index is 0.0721. The van der Waals surface area contributed by atoms with E-state index in [-0.39, 0.29) is 11.5 Å². The third-order valence-electron chi connectivity index (χ3n) is 5.41. The Labute approximate surface area is 161 Å². The zero-order valence-electron chi connectivity index (χ0n) is 15.8. The molecule has 1 aliphatic rings. The highest BCUT2D eigenvalue weighted by atomic mass is 14.7. The molecular formula is C25H24N2. The zero-order valence-corrected chi connectivity index (χ0v) is 15.8. The average Bonchev–Trinajstić information content (AvgIpc) is 2.72. The summed E-state index contributed by atoms with van der Waals surface area (Å²) in [5.74, 6) is 0. The summed E-state index contributed by atoms with van der Waals surface area (Å²) in [6.07, 6.45) is 6.53. The smallest absolute Gasteiger partial charge is 0.0712 e. The van der Waals surface area contributed by atoms with Crippen molar-refractivity contribution in [3.05, 3.63) is 102 Å². The van der Waals surface area contributed by atoms with Gasteiger partial charge in [-0.2, -0.15) is 0 Å². The fourth-order valence-corrected chi connectivity index (χ4v) is 3.57. The van der Waals surface area contributed by atoms with Crippen molar-refractivity contribution in [3.8, 4) is 22.5 Å². The van der Waals surface area contributed by atoms with Crippen molar-refractivity contribution < 1.29 is 0 Å². The van der Waals surface area contributed by atoms with Gasteiger partial charge in [-0.3, -0.25) is 0 Å². The summed E-state index contributed by atoms with van der Waals surface area (Å²) in [4.78, 5) is 4.96. The fraction of sp³-hybridized carbons (Fsp3) is 0.160. The molecule has 27 heavy (non-hydrogen) atoms. The van der Waals surface area contributed by atoms with E-state index < -0.39 is 0 Å². The van der Waals surface area contributed by atoms with Gasteiger partial charge in [-0.15, -0.1) is 0 Å². The van der Waals surface area contributed by atoms with E-state index in [1.807, 2.05) is 36.4 Å². The molecule has 0 fully saturated rings. The lowest BCUT2D eigenvalue weighted by molar-refractivity contribution is 0.516. The number of hydrogen-bond acceptors (Lipinski definition) is 2. The molecule has 1 heterocycles. The molecule has 4 rings (SSSR count). The third kappa shape index (κ3) is 3.36. The van der Waals surface area contributed by atoms with Crippen LogP contribution in [0.3, 0.4) is 0 Å². The van der Waals surface area contributed by atoms with Crippen molar-refractivity contribution >= 4 is 0 Å². The van der Waals surface area contributed by atoms with Crippen molar-refractivity contribution in [2.24, 2.45) is 5.73 Å². The SMILES string of the molecule is CC1=CC(N)C(C)(c2cc(-c3ccccc3)nc(-c3ccccc3)c2)C=C1. The molecule has 2 aromatic carbocycles. The second-order valence-corrected chi connectivity index (χ2v) is 7.41. The number of nitrogens with two attached hydrogens (primary N) is 1. The molecule has 1 aliphatic carbocycles. The number of aromatic nitrogens is 1. The highest BCUT2D eigenvalue weighted by Gasteiger charge is 2.32. The molecule has 0 saturated heterocycles. The molecule has 2 unspecified atom stereocenters. The van der Waals surface area contributed by atoms with E-state index in [9.17, 15) is 0 Å². The number of pyridine rings is 1. The Bertz CT molecular complexity index is 945. The number of allylic oxidation sites excluding steroid dienone is 2. The Morgan fingerprint density at radius 2 is 1.37 bits per heavy atom. The fourth-order valence-electron chi connectivity index (χ4n) is 3.57. The normalized spacial score (nSPS) is 21.7. The molecule has 2 nitrogen and oxygen atoms in total. The van der Waals surface area contributed by atoms with Crippen LogP contribution in [0.1, 0.15) is 19.4 Å². The van der Waals surface area contributed by atoms with Gasteiger partial charge in [0.05, 0.1) is 11.4 Å². The van der Waals surface area contributed by atoms with E-state index in [1.165, 1.54) is 11.1 Å². The zero-order chi connectivity index (χ0) is 18.9. The molecule has 3 aromatic rings. The molecule has 0 aliphatic heterocycles. The second kappa shape index (κ2) is 6.98. The minimum Gasteiger partial charge on any atom is -0.323 e. The van der Waals surface area contributed by atoms with Crippen LogP contribution in [0.2, 0.25) is 0 Å². The summed E-state index contributed by atoms with van der Waals surface area (Å²) in [7, 11) is 0. The van der Waals surface area contributed by atoms with Gasteiger partial charge in [0, 0.05) is 22.6 Å². The van der Waals surface area contributed by atoms with Crippen molar-refractivity contribution in [1.29, 1.82) is 0 Å². The first-order valence-electron chi connectivity index (χ1n) is 9.33. The Morgan fingerprint density at radius 3 is 1.85 bits per heavy atom. The highest BCUT2D eigenvalue weighted by molar-refractivity contribution is 5.68. The Hall–Kier alpha value is -2.97. The molecule has 0 amide bonds. The predicted octanol–water partition coefficient (Wildman–Crippen LogP) is 5.52. The Morgan fingerprint density at radius 1 is 0.852 bits per heavy atom. The number of hydrogen-bond donors (Lipinski definition) is 1. The molecule has 2 heteroatoms. The van der Waals surface area contributed by atoms with Crippen LogP contribution in [0, 0.1) is 0 Å². The highest BCUT2D eigenvalue weighted by Crippen LogP contribution is 2.36. The Kier molecular flexibility index (Phi) is 4.51. The molecule has 0 spiro atoms. The first-order chi connectivity index (χ1) is 13.1. The van der Waals surface area contributed by atoms with Gasteiger partial charge in [-0.1, -0.05) is 91.4 Å². The van der Waals surface area contributed by atoms with E-state index in [0.29, 0.717) is 0 Å². The first-order valence-corrected chi connectivity index (χ1v) is 9.33. The summed E-state index contributed by atoms with van der Waals surface area (Å²) in [6, 6.07) is 24.9. The molecule has 0 bridgehead atoms. The van der Waals surface area contributed by atoms with Crippen LogP contribution in [0.15, 0.2) is 96.6 Å². The predicted molar refractivity (Wildman–Crippen MR) is 113 cm³/mol. The molecule has 1 aromatic heterocycles. The largest absolute Gasteiger partial charge is 0.323 e. The van der Waals surface area contributed by atoms with E-state index in [4.69, 9.17) is 10.7 Å². The minimum atomic E-state index is -0.268. The Balaban J connectivity index is 1.91. The standard InChI is InChI=1S/C25H24N2/c1-18-13-14-25(2,24(26)15-18)21-16-22(19-9-5-3-6-10-19)27-23(17-21)20-11-7-4-8-12-20/h3-17,24H,26H2,1-2H3. The number of benzene rings is 2. The average molecular weight is 352 g/mol. The van der Waals surface area contributed by atoms with Crippen LogP contribution in [0.25, 0.3) is 22.5 Å². The lowest BCUT2D eigenvalue weighted by Gasteiger charge is -2.35. The van der Waals surface area contributed by atoms with E-state index >= 15 is 0 Å². The third-order valence-corrected chi connectivity index (χ3v) is 5.41. The van der Waals surface area contributed by atoms with Gasteiger partial charge in [0.15, 0.2) is 0 Å². The van der Waals surface area contributed by atoms with E-state index in [0.717, 1.165) is 22.5 Å². The van der Waals surface area contributed by atoms with Crippen LogP contribution < -0.4 is 5.73 Å². The molecular weight excluding hydrogens is 328 g/mol. The van der Waals surface area contributed by atoms with Gasteiger partial charge in [-0.05, 0) is 24.6 Å². The molecule has 134 valence electrons. The van der Waals surface area contributed by atoms with Crippen LogP contribution in [-0.4, -0.2) is 11.0 Å². The maximum Gasteiger partial charge on any atom is 0.0712 e. The van der Waals surface area contributed by atoms with Crippen LogP contribution in [0.4, 0.5) is 0 Å². The van der Waals surface area contributed by atoms with Gasteiger partial charge in [0.25, 0.3) is 0 Å². The van der Waals surface area contributed by atoms with Crippen molar-refractivity contribution in [2.75, 3.05) is 0 Å². The van der Waals surface area contributed by atoms with Gasteiger partial charge >= 0.3 is 0 Å². The topological polar surface area (TPSA) is 38.9 Å². The van der Waals surface area contributed by atoms with E-state index in [2.05, 4.69) is 68.5 Å². The van der Waals surface area contributed by atoms with Gasteiger partial charge < -0.3 is 5.73 Å². The summed E-state index contributed by atoms with van der Waals surface area (Å²) in [5, 5.41) is 0. The number of rotatable bonds is 3. The number of nitrogens with zero attached hydrogens (tertiary/aromatic N) is 1. The second-order valence-electron chi connectivity index (χ2n) is 7.41. The van der Waals surface area contributed by atoms with Crippen molar-refractivity contribution in [3.63, 3.8) is 0 Å². The van der Waals surface area contributed by atoms with Crippen molar-refractivity contribution in [2.45, 2.75) is 25.3 Å². The molecule has 2 atom stereocenters. The van der Waals surface area contributed by atoms with Crippen LogP contribution in [-0.2, 0) is 5.41 Å². The summed E-state index contributed by atoms with van der Waals surface area (Å²) in [5.41, 5.74) is 12.9. The van der Waals surface area contributed by atoms with Crippen LogP contribution >= 0.6 is 0 Å². The lowest BCUT2D eigenvalue weighted by Crippen LogP contribution is -2.42. The molecule has 0 radical (unpaired) electrons. The van der Waals surface area contributed by atoms with Crippen molar-refractivity contribution in [1.82, 2.24) is 4.98 Å². The molecule has 2 N–H and O–H groups in total. The molecule has 0 saturated carbocycles. The van der Waals surface area contributed by atoms with Gasteiger partial charge in [0.1, 0.15) is 0 Å². The van der Waals surface area contributed by atoms with Gasteiger partial charge in [0.2, 0.25) is 0 Å². The maximum absolute atomic E-state index is 6.57. The monoisotopic (exact) mass is 352 g/mol. The summed E-state index contributed by atoms with van der Waals surface area (Å²) in [6.45, 7) is 4.29. The van der Waals surface area contributed by atoms with Crippen LogP contribution in [0.5, 0.6) is 0 Å².